The lowest BCUT2D eigenvalue weighted by atomic mass is 10.1. The number of hydrogen-bond donors (Lipinski definition) is 3. The number of aliphatic carboxylic acids is 1. The highest BCUT2D eigenvalue weighted by Gasteiger charge is 2.46. The topological polar surface area (TPSA) is 144 Å². The van der Waals surface area contributed by atoms with E-state index in [0.717, 1.165) is 0 Å². The maximum absolute atomic E-state index is 13.2. The smallest absolute Gasteiger partial charge is 0.326 e. The lowest BCUT2D eigenvalue weighted by Crippen LogP contribution is -2.57. The molecule has 162 valence electrons. The SMILES string of the molecule is C[C@@H](O)[C@H](N)C(=O)N1CCC[C@H]1C(=O)N1CCC[C@H]1C(=O)N1CCC[C@H]1C(=O)O. The van der Waals surface area contributed by atoms with Crippen LogP contribution in [0.4, 0.5) is 0 Å². The van der Waals surface area contributed by atoms with Crippen LogP contribution in [0.2, 0.25) is 0 Å². The number of carboxylic acid groups (broad SMARTS) is 1. The molecule has 5 atom stereocenters. The second-order valence-corrected chi connectivity index (χ2v) is 8.17. The zero-order valence-corrected chi connectivity index (χ0v) is 16.7. The number of amides is 3. The van der Waals surface area contributed by atoms with E-state index in [1.807, 2.05) is 0 Å². The van der Waals surface area contributed by atoms with Gasteiger partial charge in [-0.15, -0.1) is 0 Å². The number of carbonyl (C=O) groups is 4. The number of nitrogens with two attached hydrogens (primary N) is 1. The molecule has 0 unspecified atom stereocenters. The lowest BCUT2D eigenvalue weighted by molar-refractivity contribution is -0.153. The Bertz CT molecular complexity index is 684. The minimum atomic E-state index is -1.10. The van der Waals surface area contributed by atoms with E-state index in [0.29, 0.717) is 58.2 Å². The highest BCUT2D eigenvalue weighted by molar-refractivity contribution is 5.95. The van der Waals surface area contributed by atoms with E-state index >= 15 is 0 Å². The van der Waals surface area contributed by atoms with Crippen LogP contribution in [0.5, 0.6) is 0 Å². The number of likely N-dealkylation sites (tertiary alicyclic amines) is 3. The number of hydrogen-bond acceptors (Lipinski definition) is 6. The van der Waals surface area contributed by atoms with E-state index in [2.05, 4.69) is 0 Å². The number of carboxylic acids is 1. The average molecular weight is 410 g/mol. The molecule has 10 heteroatoms. The van der Waals surface area contributed by atoms with Gasteiger partial charge in [-0.25, -0.2) is 4.79 Å². The van der Waals surface area contributed by atoms with Crippen molar-refractivity contribution >= 4 is 23.7 Å². The Hall–Kier alpha value is -2.20. The summed E-state index contributed by atoms with van der Waals surface area (Å²) < 4.78 is 0. The van der Waals surface area contributed by atoms with Gasteiger partial charge in [0.15, 0.2) is 0 Å². The summed E-state index contributed by atoms with van der Waals surface area (Å²) in [4.78, 5) is 54.6. The van der Waals surface area contributed by atoms with Gasteiger partial charge in [0.25, 0.3) is 0 Å². The van der Waals surface area contributed by atoms with Gasteiger partial charge in [0.05, 0.1) is 6.10 Å². The van der Waals surface area contributed by atoms with Crippen molar-refractivity contribution in [1.82, 2.24) is 14.7 Å². The van der Waals surface area contributed by atoms with Crippen LogP contribution in [0.15, 0.2) is 0 Å². The molecule has 0 aromatic heterocycles. The molecule has 0 bridgehead atoms. The minimum absolute atomic E-state index is 0.296. The van der Waals surface area contributed by atoms with E-state index in [1.165, 1.54) is 21.6 Å². The third kappa shape index (κ3) is 4.09. The molecule has 3 fully saturated rings. The van der Waals surface area contributed by atoms with Crippen molar-refractivity contribution in [2.45, 2.75) is 75.7 Å². The van der Waals surface area contributed by atoms with Crippen LogP contribution in [0.1, 0.15) is 45.4 Å². The molecule has 0 aromatic carbocycles. The molecule has 0 saturated carbocycles. The van der Waals surface area contributed by atoms with Gasteiger partial charge in [-0.3, -0.25) is 14.4 Å². The maximum atomic E-state index is 13.2. The molecule has 3 aliphatic heterocycles. The molecular weight excluding hydrogens is 380 g/mol. The van der Waals surface area contributed by atoms with Crippen LogP contribution >= 0.6 is 0 Å². The van der Waals surface area contributed by atoms with Crippen LogP contribution in [0.25, 0.3) is 0 Å². The maximum Gasteiger partial charge on any atom is 0.326 e. The third-order valence-electron chi connectivity index (χ3n) is 6.27. The number of rotatable bonds is 5. The van der Waals surface area contributed by atoms with Crippen molar-refractivity contribution in [3.8, 4) is 0 Å². The minimum Gasteiger partial charge on any atom is -0.480 e. The van der Waals surface area contributed by atoms with Crippen LogP contribution in [-0.2, 0) is 19.2 Å². The van der Waals surface area contributed by atoms with Crippen LogP contribution in [0.3, 0.4) is 0 Å². The normalized spacial score (nSPS) is 29.2. The fraction of sp³-hybridized carbons (Fsp3) is 0.789. The predicted octanol–water partition coefficient (Wildman–Crippen LogP) is -1.25. The second-order valence-electron chi connectivity index (χ2n) is 8.17. The average Bonchev–Trinajstić information content (AvgIpc) is 3.45. The van der Waals surface area contributed by atoms with Gasteiger partial charge < -0.3 is 30.6 Å². The molecule has 4 N–H and O–H groups in total. The van der Waals surface area contributed by atoms with Crippen molar-refractivity contribution in [3.05, 3.63) is 0 Å². The first-order valence-electron chi connectivity index (χ1n) is 10.3. The van der Waals surface area contributed by atoms with Crippen molar-refractivity contribution in [2.24, 2.45) is 5.73 Å². The van der Waals surface area contributed by atoms with E-state index in [1.54, 1.807) is 0 Å². The molecule has 0 spiro atoms. The van der Waals surface area contributed by atoms with Crippen LogP contribution in [-0.4, -0.2) is 98.5 Å². The zero-order valence-electron chi connectivity index (χ0n) is 16.7. The van der Waals surface area contributed by atoms with Gasteiger partial charge in [0, 0.05) is 19.6 Å². The summed E-state index contributed by atoms with van der Waals surface area (Å²) >= 11 is 0. The van der Waals surface area contributed by atoms with E-state index in [-0.39, 0.29) is 11.8 Å². The molecule has 0 aromatic rings. The summed E-state index contributed by atoms with van der Waals surface area (Å²) in [5.74, 6) is -2.11. The summed E-state index contributed by atoms with van der Waals surface area (Å²) in [7, 11) is 0. The highest BCUT2D eigenvalue weighted by Crippen LogP contribution is 2.28. The largest absolute Gasteiger partial charge is 0.480 e. The quantitative estimate of drug-likeness (QED) is 0.514. The first kappa shape index (κ1) is 21.5. The van der Waals surface area contributed by atoms with Gasteiger partial charge in [-0.1, -0.05) is 0 Å². The van der Waals surface area contributed by atoms with E-state index < -0.39 is 42.1 Å². The van der Waals surface area contributed by atoms with E-state index in [4.69, 9.17) is 5.73 Å². The van der Waals surface area contributed by atoms with Gasteiger partial charge >= 0.3 is 5.97 Å². The summed E-state index contributed by atoms with van der Waals surface area (Å²) in [5, 5.41) is 19.0. The third-order valence-corrected chi connectivity index (χ3v) is 6.27. The van der Waals surface area contributed by atoms with Crippen LogP contribution in [0, 0.1) is 0 Å². The monoisotopic (exact) mass is 410 g/mol. The Kier molecular flexibility index (Phi) is 6.42. The van der Waals surface area contributed by atoms with Gasteiger partial charge in [0.1, 0.15) is 24.2 Å². The van der Waals surface area contributed by atoms with Gasteiger partial charge in [-0.05, 0) is 45.4 Å². The summed E-state index contributed by atoms with van der Waals surface area (Å²) in [6.45, 7) is 2.60. The van der Waals surface area contributed by atoms with Crippen molar-refractivity contribution < 1.29 is 29.4 Å². The lowest BCUT2D eigenvalue weighted by Gasteiger charge is -2.34. The molecule has 0 radical (unpaired) electrons. The first-order chi connectivity index (χ1) is 13.7. The zero-order chi connectivity index (χ0) is 21.3. The molecule has 3 aliphatic rings. The molecule has 3 amide bonds. The van der Waals surface area contributed by atoms with Crippen molar-refractivity contribution in [1.29, 1.82) is 0 Å². The predicted molar refractivity (Wildman–Crippen MR) is 101 cm³/mol. The molecule has 3 heterocycles. The second kappa shape index (κ2) is 8.66. The molecule has 29 heavy (non-hydrogen) atoms. The number of carbonyl (C=O) groups excluding carboxylic acids is 3. The Morgan fingerprint density at radius 1 is 0.828 bits per heavy atom. The Morgan fingerprint density at radius 3 is 1.72 bits per heavy atom. The molecule has 3 saturated heterocycles. The van der Waals surface area contributed by atoms with Crippen molar-refractivity contribution in [2.75, 3.05) is 19.6 Å². The Labute approximate surface area is 169 Å². The number of nitrogens with zero attached hydrogens (tertiary/aromatic N) is 3. The number of aliphatic hydroxyl groups excluding tert-OH is 1. The molecule has 3 rings (SSSR count). The summed E-state index contributed by atoms with van der Waals surface area (Å²) in [5.41, 5.74) is 5.77. The van der Waals surface area contributed by atoms with Gasteiger partial charge in [0.2, 0.25) is 17.7 Å². The van der Waals surface area contributed by atoms with Gasteiger partial charge in [-0.2, -0.15) is 0 Å². The van der Waals surface area contributed by atoms with Crippen LogP contribution < -0.4 is 5.73 Å². The number of aliphatic hydroxyl groups is 1. The fourth-order valence-corrected chi connectivity index (χ4v) is 4.64. The fourth-order valence-electron chi connectivity index (χ4n) is 4.64. The molecule has 10 nitrogen and oxygen atoms in total. The molecular formula is C19H30N4O6. The van der Waals surface area contributed by atoms with Crippen molar-refractivity contribution in [3.63, 3.8) is 0 Å². The molecule has 0 aliphatic carbocycles. The first-order valence-corrected chi connectivity index (χ1v) is 10.3. The summed E-state index contributed by atoms with van der Waals surface area (Å²) in [6, 6.07) is -3.33. The Morgan fingerprint density at radius 2 is 1.24 bits per heavy atom. The van der Waals surface area contributed by atoms with E-state index in [9.17, 15) is 29.4 Å². The standard InChI is InChI=1S/C19H30N4O6/c1-11(24)15(20)18(27)22-9-3-6-13(22)16(25)21-8-2-5-12(21)17(26)23-10-4-7-14(23)19(28)29/h11-15,24H,2-10,20H2,1H3,(H,28,29)/t11-,12+,13+,14+,15+/m1/s1. The summed E-state index contributed by atoms with van der Waals surface area (Å²) in [6.07, 6.45) is 2.30. The Balaban J connectivity index is 1.73. The highest BCUT2D eigenvalue weighted by atomic mass is 16.4.